The van der Waals surface area contributed by atoms with Gasteiger partial charge in [0.1, 0.15) is 5.54 Å². The Bertz CT molecular complexity index is 868. The third-order valence-electron chi connectivity index (χ3n) is 5.00. The van der Waals surface area contributed by atoms with Gasteiger partial charge >= 0.3 is 5.97 Å². The first kappa shape index (κ1) is 22.8. The van der Waals surface area contributed by atoms with Crippen molar-refractivity contribution in [2.24, 2.45) is 0 Å². The maximum atomic E-state index is 12.2. The fraction of sp³-hybridized carbons (Fsp3) is 0.550. The quantitative estimate of drug-likeness (QED) is 0.620. The van der Waals surface area contributed by atoms with E-state index in [0.717, 1.165) is 19.3 Å². The minimum Gasteiger partial charge on any atom is -0.452 e. The summed E-state index contributed by atoms with van der Waals surface area (Å²) in [6, 6.07) is 7.27. The second-order valence-corrected chi connectivity index (χ2v) is 9.05. The van der Waals surface area contributed by atoms with E-state index < -0.39 is 34.0 Å². The van der Waals surface area contributed by atoms with E-state index >= 15 is 0 Å². The molecule has 158 valence electrons. The number of hydrogen-bond donors (Lipinski definition) is 2. The van der Waals surface area contributed by atoms with Gasteiger partial charge in [-0.25, -0.2) is 17.9 Å². The van der Waals surface area contributed by atoms with Crippen molar-refractivity contribution >= 4 is 21.9 Å². The summed E-state index contributed by atoms with van der Waals surface area (Å²) in [4.78, 5) is 24.3. The number of amides is 1. The minimum atomic E-state index is -3.66. The number of nitrogens with zero attached hydrogens (tertiary/aromatic N) is 1. The van der Waals surface area contributed by atoms with Gasteiger partial charge in [0, 0.05) is 6.04 Å². The first-order valence-electron chi connectivity index (χ1n) is 9.73. The average molecular weight is 422 g/mol. The molecule has 9 heteroatoms. The van der Waals surface area contributed by atoms with Crippen molar-refractivity contribution in [3.8, 4) is 6.07 Å². The molecule has 1 amide bonds. The Morgan fingerprint density at radius 1 is 1.21 bits per heavy atom. The lowest BCUT2D eigenvalue weighted by Crippen LogP contribution is -2.50. The van der Waals surface area contributed by atoms with E-state index in [9.17, 15) is 23.3 Å². The molecule has 8 nitrogen and oxygen atoms in total. The van der Waals surface area contributed by atoms with E-state index in [4.69, 9.17) is 4.74 Å². The molecule has 0 aromatic heterocycles. The molecule has 2 rings (SSSR count). The van der Waals surface area contributed by atoms with Crippen molar-refractivity contribution in [2.75, 3.05) is 6.61 Å². The Labute approximate surface area is 171 Å². The number of rotatable bonds is 8. The van der Waals surface area contributed by atoms with Crippen molar-refractivity contribution in [3.05, 3.63) is 29.8 Å². The van der Waals surface area contributed by atoms with Crippen molar-refractivity contribution in [1.82, 2.24) is 10.0 Å². The second kappa shape index (κ2) is 9.85. The smallest absolute Gasteiger partial charge is 0.338 e. The summed E-state index contributed by atoms with van der Waals surface area (Å²) >= 11 is 0. The van der Waals surface area contributed by atoms with Crippen LogP contribution in [-0.4, -0.2) is 38.5 Å². The molecule has 1 aliphatic rings. The van der Waals surface area contributed by atoms with Crippen molar-refractivity contribution in [3.63, 3.8) is 0 Å². The number of carbonyl (C=O) groups is 2. The van der Waals surface area contributed by atoms with Crippen LogP contribution in [0.1, 0.15) is 62.7 Å². The van der Waals surface area contributed by atoms with Gasteiger partial charge in [-0.3, -0.25) is 4.79 Å². The van der Waals surface area contributed by atoms with Crippen molar-refractivity contribution in [2.45, 2.75) is 68.8 Å². The predicted molar refractivity (Wildman–Crippen MR) is 106 cm³/mol. The highest BCUT2D eigenvalue weighted by molar-refractivity contribution is 7.89. The monoisotopic (exact) mass is 421 g/mol. The van der Waals surface area contributed by atoms with Gasteiger partial charge in [-0.15, -0.1) is 0 Å². The molecule has 1 aromatic rings. The summed E-state index contributed by atoms with van der Waals surface area (Å²) in [6.45, 7) is 3.13. The van der Waals surface area contributed by atoms with E-state index in [0.29, 0.717) is 19.3 Å². The third kappa shape index (κ3) is 6.27. The fourth-order valence-electron chi connectivity index (χ4n) is 3.12. The number of nitrogens with one attached hydrogen (secondary N) is 2. The van der Waals surface area contributed by atoms with Crippen LogP contribution in [0.3, 0.4) is 0 Å². The number of benzene rings is 1. The molecule has 0 saturated heterocycles. The third-order valence-corrected chi connectivity index (χ3v) is 6.61. The highest BCUT2D eigenvalue weighted by Gasteiger charge is 2.33. The Hall–Kier alpha value is -2.44. The lowest BCUT2D eigenvalue weighted by Gasteiger charge is -2.31. The predicted octanol–water partition coefficient (Wildman–Crippen LogP) is 2.26. The molecule has 0 heterocycles. The molecule has 1 atom stereocenters. The van der Waals surface area contributed by atoms with Crippen LogP contribution < -0.4 is 10.0 Å². The fourth-order valence-corrected chi connectivity index (χ4v) is 4.45. The SMILES string of the molecule is CC[C@@H](C)NS(=O)(=O)c1ccc(C(=O)OCC(=O)NC2(C#N)CCCCC2)cc1. The van der Waals surface area contributed by atoms with E-state index in [1.54, 1.807) is 6.92 Å². The second-order valence-electron chi connectivity index (χ2n) is 7.33. The summed E-state index contributed by atoms with van der Waals surface area (Å²) in [7, 11) is -3.66. The van der Waals surface area contributed by atoms with Crippen LogP contribution in [0.25, 0.3) is 0 Å². The molecule has 0 bridgehead atoms. The van der Waals surface area contributed by atoms with Crippen molar-refractivity contribution < 1.29 is 22.7 Å². The van der Waals surface area contributed by atoms with E-state index in [1.165, 1.54) is 24.3 Å². The number of carbonyl (C=O) groups excluding carboxylic acids is 2. The highest BCUT2D eigenvalue weighted by atomic mass is 32.2. The van der Waals surface area contributed by atoms with Crippen LogP contribution in [0.5, 0.6) is 0 Å². The van der Waals surface area contributed by atoms with Gasteiger partial charge < -0.3 is 10.1 Å². The van der Waals surface area contributed by atoms with Crippen LogP contribution in [0.2, 0.25) is 0 Å². The Morgan fingerprint density at radius 3 is 2.38 bits per heavy atom. The highest BCUT2D eigenvalue weighted by Crippen LogP contribution is 2.27. The number of nitriles is 1. The number of ether oxygens (including phenoxy) is 1. The molecular formula is C20H27N3O5S. The molecule has 29 heavy (non-hydrogen) atoms. The lowest BCUT2D eigenvalue weighted by atomic mass is 9.83. The normalized spacial score (nSPS) is 17.0. The van der Waals surface area contributed by atoms with Crippen LogP contribution in [0.15, 0.2) is 29.2 Å². The summed E-state index contributed by atoms with van der Waals surface area (Å²) < 4.78 is 32.0. The van der Waals surface area contributed by atoms with Gasteiger partial charge in [0.25, 0.3) is 5.91 Å². The standard InChI is InChI=1S/C20H27N3O5S/c1-3-15(2)23-29(26,27)17-9-7-16(8-10-17)19(25)28-13-18(24)22-20(14-21)11-5-4-6-12-20/h7-10,15,23H,3-6,11-13H2,1-2H3,(H,22,24)/t15-/m1/s1. The Morgan fingerprint density at radius 2 is 1.83 bits per heavy atom. The topological polar surface area (TPSA) is 125 Å². The summed E-state index contributed by atoms with van der Waals surface area (Å²) in [5.74, 6) is -1.27. The van der Waals surface area contributed by atoms with E-state index in [-0.39, 0.29) is 16.5 Å². The molecule has 0 unspecified atom stereocenters. The molecule has 1 fully saturated rings. The molecule has 1 saturated carbocycles. The zero-order valence-electron chi connectivity index (χ0n) is 16.7. The number of esters is 1. The Kier molecular flexibility index (Phi) is 7.76. The van der Waals surface area contributed by atoms with E-state index in [2.05, 4.69) is 16.1 Å². The first-order chi connectivity index (χ1) is 13.7. The molecule has 1 aliphatic carbocycles. The molecule has 2 N–H and O–H groups in total. The van der Waals surface area contributed by atoms with Gasteiger partial charge in [-0.05, 0) is 50.5 Å². The van der Waals surface area contributed by atoms with Gasteiger partial charge in [-0.1, -0.05) is 26.2 Å². The van der Waals surface area contributed by atoms with Crippen LogP contribution in [0, 0.1) is 11.3 Å². The number of hydrogen-bond acceptors (Lipinski definition) is 6. The summed E-state index contributed by atoms with van der Waals surface area (Å²) in [6.07, 6.45) is 4.60. The van der Waals surface area contributed by atoms with Gasteiger partial charge in [0.15, 0.2) is 6.61 Å². The molecular weight excluding hydrogens is 394 g/mol. The zero-order chi connectivity index (χ0) is 21.5. The summed E-state index contributed by atoms with van der Waals surface area (Å²) in [5, 5.41) is 12.1. The maximum absolute atomic E-state index is 12.2. The van der Waals surface area contributed by atoms with Gasteiger partial charge in [0.2, 0.25) is 10.0 Å². The van der Waals surface area contributed by atoms with E-state index in [1.807, 2.05) is 6.92 Å². The van der Waals surface area contributed by atoms with Crippen LogP contribution >= 0.6 is 0 Å². The summed E-state index contributed by atoms with van der Waals surface area (Å²) in [5.41, 5.74) is -0.756. The van der Waals surface area contributed by atoms with Crippen LogP contribution in [0.4, 0.5) is 0 Å². The molecule has 0 aliphatic heterocycles. The van der Waals surface area contributed by atoms with Crippen molar-refractivity contribution in [1.29, 1.82) is 5.26 Å². The van der Waals surface area contributed by atoms with Crippen LogP contribution in [-0.2, 0) is 19.6 Å². The average Bonchev–Trinajstić information content (AvgIpc) is 2.72. The molecule has 0 radical (unpaired) electrons. The van der Waals surface area contributed by atoms with Gasteiger partial charge in [0.05, 0.1) is 16.5 Å². The molecule has 0 spiro atoms. The first-order valence-corrected chi connectivity index (χ1v) is 11.2. The maximum Gasteiger partial charge on any atom is 0.338 e. The largest absolute Gasteiger partial charge is 0.452 e. The zero-order valence-corrected chi connectivity index (χ0v) is 17.5. The lowest BCUT2D eigenvalue weighted by molar-refractivity contribution is -0.125. The Balaban J connectivity index is 1.92. The minimum absolute atomic E-state index is 0.0420. The number of sulfonamides is 1. The van der Waals surface area contributed by atoms with Gasteiger partial charge in [-0.2, -0.15) is 5.26 Å². The molecule has 1 aromatic carbocycles.